The Labute approximate surface area is 120 Å². The van der Waals surface area contributed by atoms with Crippen LogP contribution in [-0.4, -0.2) is 6.54 Å². The van der Waals surface area contributed by atoms with Crippen molar-refractivity contribution in [1.29, 1.82) is 0 Å². The van der Waals surface area contributed by atoms with Gasteiger partial charge in [-0.25, -0.2) is 4.39 Å². The summed E-state index contributed by atoms with van der Waals surface area (Å²) in [5.74, 6) is -0.173. The SMILES string of the molecule is CCC(NCCc1ccc(F)cc1)c1ccc(C)cc1. The molecule has 2 heteroatoms. The summed E-state index contributed by atoms with van der Waals surface area (Å²) in [6.07, 6.45) is 1.98. The first-order chi connectivity index (χ1) is 9.69. The smallest absolute Gasteiger partial charge is 0.123 e. The van der Waals surface area contributed by atoms with Gasteiger partial charge in [-0.2, -0.15) is 0 Å². The molecule has 0 fully saturated rings. The lowest BCUT2D eigenvalue weighted by Gasteiger charge is -2.17. The Morgan fingerprint density at radius 1 is 1.00 bits per heavy atom. The van der Waals surface area contributed by atoms with E-state index in [-0.39, 0.29) is 5.82 Å². The Kier molecular flexibility index (Phi) is 5.31. The lowest BCUT2D eigenvalue weighted by Crippen LogP contribution is -2.23. The van der Waals surface area contributed by atoms with E-state index in [9.17, 15) is 4.39 Å². The molecule has 1 nitrogen and oxygen atoms in total. The van der Waals surface area contributed by atoms with Gasteiger partial charge in [-0.05, 0) is 49.6 Å². The number of hydrogen-bond acceptors (Lipinski definition) is 1. The van der Waals surface area contributed by atoms with Crippen molar-refractivity contribution in [2.45, 2.75) is 32.7 Å². The van der Waals surface area contributed by atoms with Gasteiger partial charge in [-0.15, -0.1) is 0 Å². The average Bonchev–Trinajstić information content (AvgIpc) is 2.47. The highest BCUT2D eigenvalue weighted by Gasteiger charge is 2.07. The van der Waals surface area contributed by atoms with Crippen LogP contribution in [0.5, 0.6) is 0 Å². The summed E-state index contributed by atoms with van der Waals surface area (Å²) in [5, 5.41) is 3.57. The van der Waals surface area contributed by atoms with Gasteiger partial charge >= 0.3 is 0 Å². The number of hydrogen-bond donors (Lipinski definition) is 1. The summed E-state index contributed by atoms with van der Waals surface area (Å²) in [4.78, 5) is 0. The van der Waals surface area contributed by atoms with E-state index in [0.29, 0.717) is 6.04 Å². The molecule has 0 heterocycles. The van der Waals surface area contributed by atoms with Crippen LogP contribution < -0.4 is 5.32 Å². The van der Waals surface area contributed by atoms with Gasteiger partial charge < -0.3 is 5.32 Å². The second kappa shape index (κ2) is 7.20. The van der Waals surface area contributed by atoms with Crippen LogP contribution >= 0.6 is 0 Å². The Balaban J connectivity index is 1.87. The van der Waals surface area contributed by atoms with Crippen LogP contribution in [-0.2, 0) is 6.42 Å². The first-order valence-corrected chi connectivity index (χ1v) is 7.23. The normalized spacial score (nSPS) is 12.3. The fourth-order valence-electron chi connectivity index (χ4n) is 2.34. The van der Waals surface area contributed by atoms with E-state index in [1.165, 1.54) is 23.3 Å². The summed E-state index contributed by atoms with van der Waals surface area (Å²) >= 11 is 0. The van der Waals surface area contributed by atoms with Crippen LogP contribution in [0.2, 0.25) is 0 Å². The molecular weight excluding hydrogens is 249 g/mol. The number of aryl methyl sites for hydroxylation is 1. The van der Waals surface area contributed by atoms with Gasteiger partial charge in [0.25, 0.3) is 0 Å². The van der Waals surface area contributed by atoms with Gasteiger partial charge in [0.05, 0.1) is 0 Å². The van der Waals surface area contributed by atoms with Crippen molar-refractivity contribution in [2.24, 2.45) is 0 Å². The highest BCUT2D eigenvalue weighted by atomic mass is 19.1. The van der Waals surface area contributed by atoms with Crippen molar-refractivity contribution in [3.8, 4) is 0 Å². The monoisotopic (exact) mass is 271 g/mol. The second-order valence-corrected chi connectivity index (χ2v) is 5.20. The van der Waals surface area contributed by atoms with Crippen LogP contribution in [0.4, 0.5) is 4.39 Å². The zero-order valence-electron chi connectivity index (χ0n) is 12.2. The Morgan fingerprint density at radius 3 is 2.25 bits per heavy atom. The molecular formula is C18H22FN. The Bertz CT molecular complexity index is 516. The van der Waals surface area contributed by atoms with Crippen molar-refractivity contribution in [1.82, 2.24) is 5.32 Å². The van der Waals surface area contributed by atoms with Crippen LogP contribution in [0, 0.1) is 12.7 Å². The topological polar surface area (TPSA) is 12.0 Å². The van der Waals surface area contributed by atoms with Crippen LogP contribution in [0.15, 0.2) is 48.5 Å². The van der Waals surface area contributed by atoms with Gasteiger partial charge in [-0.3, -0.25) is 0 Å². The Hall–Kier alpha value is -1.67. The average molecular weight is 271 g/mol. The number of benzene rings is 2. The van der Waals surface area contributed by atoms with E-state index >= 15 is 0 Å². The first-order valence-electron chi connectivity index (χ1n) is 7.23. The minimum Gasteiger partial charge on any atom is -0.310 e. The van der Waals surface area contributed by atoms with Gasteiger partial charge in [0.1, 0.15) is 5.82 Å². The molecule has 2 aromatic rings. The minimum atomic E-state index is -0.173. The molecule has 0 aliphatic rings. The van der Waals surface area contributed by atoms with E-state index in [1.807, 2.05) is 12.1 Å². The largest absolute Gasteiger partial charge is 0.310 e. The summed E-state index contributed by atoms with van der Waals surface area (Å²) in [6, 6.07) is 15.8. The molecule has 0 bridgehead atoms. The molecule has 0 amide bonds. The van der Waals surface area contributed by atoms with E-state index in [4.69, 9.17) is 0 Å². The quantitative estimate of drug-likeness (QED) is 0.820. The molecule has 0 aliphatic carbocycles. The highest BCUT2D eigenvalue weighted by molar-refractivity contribution is 5.24. The van der Waals surface area contributed by atoms with E-state index in [1.54, 1.807) is 0 Å². The minimum absolute atomic E-state index is 0.173. The zero-order chi connectivity index (χ0) is 14.4. The maximum absolute atomic E-state index is 12.8. The first kappa shape index (κ1) is 14.7. The molecule has 0 aliphatic heterocycles. The van der Waals surface area contributed by atoms with Gasteiger partial charge in [-0.1, -0.05) is 48.9 Å². The van der Waals surface area contributed by atoms with Crippen molar-refractivity contribution in [2.75, 3.05) is 6.54 Å². The molecule has 0 radical (unpaired) electrons. The number of halogens is 1. The predicted octanol–water partition coefficient (Wildman–Crippen LogP) is 4.42. The van der Waals surface area contributed by atoms with Crippen molar-refractivity contribution in [3.05, 3.63) is 71.0 Å². The second-order valence-electron chi connectivity index (χ2n) is 5.20. The highest BCUT2D eigenvalue weighted by Crippen LogP contribution is 2.17. The predicted molar refractivity (Wildman–Crippen MR) is 82.3 cm³/mol. The van der Waals surface area contributed by atoms with E-state index < -0.39 is 0 Å². The third kappa shape index (κ3) is 4.17. The lowest BCUT2D eigenvalue weighted by molar-refractivity contribution is 0.522. The molecule has 0 saturated carbocycles. The van der Waals surface area contributed by atoms with Gasteiger partial charge in [0.15, 0.2) is 0 Å². The maximum atomic E-state index is 12.8. The summed E-state index contributed by atoms with van der Waals surface area (Å²) in [7, 11) is 0. The van der Waals surface area contributed by atoms with Gasteiger partial charge in [0, 0.05) is 6.04 Å². The van der Waals surface area contributed by atoms with Crippen molar-refractivity contribution in [3.63, 3.8) is 0 Å². The molecule has 20 heavy (non-hydrogen) atoms. The molecule has 0 saturated heterocycles. The number of nitrogens with one attached hydrogen (secondary N) is 1. The van der Waals surface area contributed by atoms with E-state index in [0.717, 1.165) is 24.9 Å². The molecule has 106 valence electrons. The van der Waals surface area contributed by atoms with Crippen LogP contribution in [0.1, 0.15) is 36.1 Å². The summed E-state index contributed by atoms with van der Waals surface area (Å²) in [6.45, 7) is 5.19. The fourth-order valence-corrected chi connectivity index (χ4v) is 2.34. The lowest BCUT2D eigenvalue weighted by atomic mass is 10.0. The van der Waals surface area contributed by atoms with Crippen molar-refractivity contribution >= 4 is 0 Å². The standard InChI is InChI=1S/C18H22FN/c1-3-18(16-8-4-14(2)5-9-16)20-13-12-15-6-10-17(19)11-7-15/h4-11,18,20H,3,12-13H2,1-2H3. The molecule has 2 aromatic carbocycles. The fraction of sp³-hybridized carbons (Fsp3) is 0.333. The zero-order valence-corrected chi connectivity index (χ0v) is 12.2. The molecule has 0 aromatic heterocycles. The molecule has 0 spiro atoms. The van der Waals surface area contributed by atoms with Crippen LogP contribution in [0.25, 0.3) is 0 Å². The third-order valence-electron chi connectivity index (χ3n) is 3.61. The Morgan fingerprint density at radius 2 is 1.65 bits per heavy atom. The van der Waals surface area contributed by atoms with Crippen LogP contribution in [0.3, 0.4) is 0 Å². The van der Waals surface area contributed by atoms with Gasteiger partial charge in [0.2, 0.25) is 0 Å². The summed E-state index contributed by atoms with van der Waals surface area (Å²) < 4.78 is 12.8. The maximum Gasteiger partial charge on any atom is 0.123 e. The number of rotatable bonds is 6. The molecule has 1 atom stereocenters. The molecule has 2 rings (SSSR count). The molecule has 1 unspecified atom stereocenters. The summed E-state index contributed by atoms with van der Waals surface area (Å²) in [5.41, 5.74) is 3.78. The third-order valence-corrected chi connectivity index (χ3v) is 3.61. The van der Waals surface area contributed by atoms with E-state index in [2.05, 4.69) is 43.4 Å². The van der Waals surface area contributed by atoms with Crippen molar-refractivity contribution < 1.29 is 4.39 Å². The molecule has 1 N–H and O–H groups in total.